The summed E-state index contributed by atoms with van der Waals surface area (Å²) in [6.45, 7) is 0.136. The molecule has 0 aliphatic carbocycles. The number of rotatable bonds is 4. The van der Waals surface area contributed by atoms with Gasteiger partial charge in [0, 0.05) is 19.4 Å². The largest absolute Gasteiger partial charge is 0.416 e. The molecule has 22 heavy (non-hydrogen) atoms. The van der Waals surface area contributed by atoms with Crippen molar-refractivity contribution in [2.45, 2.75) is 17.6 Å². The van der Waals surface area contributed by atoms with E-state index >= 15 is 0 Å². The molecule has 0 amide bonds. The summed E-state index contributed by atoms with van der Waals surface area (Å²) in [5.74, 6) is 0.584. The quantitative estimate of drug-likeness (QED) is 0.890. The molecular formula is C12H13F3N4O2S. The molecule has 1 heterocycles. The van der Waals surface area contributed by atoms with Gasteiger partial charge in [0.2, 0.25) is 10.0 Å². The van der Waals surface area contributed by atoms with E-state index in [1.165, 1.54) is 0 Å². The van der Waals surface area contributed by atoms with E-state index in [0.29, 0.717) is 11.9 Å². The fourth-order valence-electron chi connectivity index (χ4n) is 1.82. The van der Waals surface area contributed by atoms with Crippen molar-refractivity contribution in [1.29, 1.82) is 0 Å². The molecule has 0 atom stereocenters. The fourth-order valence-corrected chi connectivity index (χ4v) is 2.56. The maximum atomic E-state index is 12.7. The third-order valence-corrected chi connectivity index (χ3v) is 3.92. The minimum absolute atomic E-state index is 0.0153. The van der Waals surface area contributed by atoms with Gasteiger partial charge in [-0.1, -0.05) is 0 Å². The van der Waals surface area contributed by atoms with Crippen molar-refractivity contribution in [3.8, 4) is 0 Å². The fraction of sp³-hybridized carbons (Fsp3) is 0.250. The molecule has 120 valence electrons. The Morgan fingerprint density at radius 2 is 2.05 bits per heavy atom. The topological polar surface area (TPSA) is 90.0 Å². The Balaban J connectivity index is 2.37. The Morgan fingerprint density at radius 3 is 2.55 bits per heavy atom. The third-order valence-electron chi connectivity index (χ3n) is 2.97. The van der Waals surface area contributed by atoms with Crippen LogP contribution in [0.25, 0.3) is 0 Å². The van der Waals surface area contributed by atoms with Gasteiger partial charge in [-0.3, -0.25) is 0 Å². The first-order chi connectivity index (χ1) is 10.1. The number of hydrogen-bond donors (Lipinski definition) is 2. The summed E-state index contributed by atoms with van der Waals surface area (Å²) in [6, 6.07) is 2.33. The highest BCUT2D eigenvalue weighted by Gasteiger charge is 2.32. The standard InChI is InChI=1S/C12H13F3N4O2S/c1-19-5-4-17-11(19)7-18-9-3-2-8(12(13,14)15)6-10(9)22(16,20)21/h2-6,18H,7H2,1H3,(H2,16,20,21). The molecule has 0 fully saturated rings. The van der Waals surface area contributed by atoms with Crippen LogP contribution < -0.4 is 10.5 Å². The van der Waals surface area contributed by atoms with Gasteiger partial charge >= 0.3 is 6.18 Å². The zero-order valence-corrected chi connectivity index (χ0v) is 12.2. The molecule has 0 unspecified atom stereocenters. The number of nitrogens with zero attached hydrogens (tertiary/aromatic N) is 2. The molecule has 0 bridgehead atoms. The van der Waals surface area contributed by atoms with Crippen LogP contribution in [0.1, 0.15) is 11.4 Å². The number of anilines is 1. The zero-order chi connectivity index (χ0) is 16.5. The summed E-state index contributed by atoms with van der Waals surface area (Å²) in [5.41, 5.74) is -1.10. The van der Waals surface area contributed by atoms with E-state index in [2.05, 4.69) is 10.3 Å². The molecule has 1 aromatic carbocycles. The van der Waals surface area contributed by atoms with Crippen LogP contribution >= 0.6 is 0 Å². The second kappa shape index (κ2) is 5.61. The van der Waals surface area contributed by atoms with E-state index in [1.807, 2.05) is 0 Å². The number of imidazole rings is 1. The Bertz CT molecular complexity index is 784. The summed E-state index contributed by atoms with van der Waals surface area (Å²) in [7, 11) is -2.57. The van der Waals surface area contributed by atoms with Gasteiger partial charge in [-0.2, -0.15) is 13.2 Å². The SMILES string of the molecule is Cn1ccnc1CNc1ccc(C(F)(F)F)cc1S(N)(=O)=O. The van der Waals surface area contributed by atoms with Gasteiger partial charge in [-0.05, 0) is 18.2 Å². The van der Waals surface area contributed by atoms with Crippen molar-refractivity contribution >= 4 is 15.7 Å². The van der Waals surface area contributed by atoms with Gasteiger partial charge < -0.3 is 9.88 Å². The van der Waals surface area contributed by atoms with Crippen molar-refractivity contribution < 1.29 is 21.6 Å². The highest BCUT2D eigenvalue weighted by molar-refractivity contribution is 7.89. The van der Waals surface area contributed by atoms with E-state index in [1.54, 1.807) is 24.0 Å². The normalized spacial score (nSPS) is 12.4. The predicted octanol–water partition coefficient (Wildman–Crippen LogP) is 1.70. The van der Waals surface area contributed by atoms with Crippen molar-refractivity contribution in [2.24, 2.45) is 12.2 Å². The number of aromatic nitrogens is 2. The maximum absolute atomic E-state index is 12.7. The van der Waals surface area contributed by atoms with Crippen LogP contribution in [-0.2, 0) is 29.8 Å². The minimum Gasteiger partial charge on any atom is -0.377 e. The number of hydrogen-bond acceptors (Lipinski definition) is 4. The molecule has 3 N–H and O–H groups in total. The summed E-state index contributed by atoms with van der Waals surface area (Å²) >= 11 is 0. The van der Waals surface area contributed by atoms with Gasteiger partial charge in [0.25, 0.3) is 0 Å². The molecule has 10 heteroatoms. The van der Waals surface area contributed by atoms with E-state index in [0.717, 1.165) is 12.1 Å². The third kappa shape index (κ3) is 3.57. The van der Waals surface area contributed by atoms with Crippen molar-refractivity contribution in [3.63, 3.8) is 0 Å². The average molecular weight is 334 g/mol. The van der Waals surface area contributed by atoms with E-state index < -0.39 is 26.7 Å². The Labute approximate surface area is 124 Å². The monoisotopic (exact) mass is 334 g/mol. The van der Waals surface area contributed by atoms with Crippen LogP contribution in [0.4, 0.5) is 18.9 Å². The predicted molar refractivity (Wildman–Crippen MR) is 73.4 cm³/mol. The van der Waals surface area contributed by atoms with Gasteiger partial charge in [-0.25, -0.2) is 18.5 Å². The number of nitrogens with one attached hydrogen (secondary N) is 1. The first kappa shape index (κ1) is 16.3. The summed E-state index contributed by atoms with van der Waals surface area (Å²) in [4.78, 5) is 3.40. The highest BCUT2D eigenvalue weighted by atomic mass is 32.2. The molecule has 0 radical (unpaired) electrons. The average Bonchev–Trinajstić information content (AvgIpc) is 2.79. The molecule has 0 aliphatic heterocycles. The van der Waals surface area contributed by atoms with Crippen molar-refractivity contribution in [1.82, 2.24) is 9.55 Å². The first-order valence-corrected chi connectivity index (χ1v) is 7.58. The number of aryl methyl sites for hydroxylation is 1. The van der Waals surface area contributed by atoms with E-state index in [9.17, 15) is 21.6 Å². The Morgan fingerprint density at radius 1 is 1.36 bits per heavy atom. The van der Waals surface area contributed by atoms with Gasteiger partial charge in [0.05, 0.1) is 17.8 Å². The molecule has 0 saturated carbocycles. The second-order valence-electron chi connectivity index (χ2n) is 4.56. The molecule has 1 aromatic heterocycles. The zero-order valence-electron chi connectivity index (χ0n) is 11.4. The highest BCUT2D eigenvalue weighted by Crippen LogP contribution is 2.33. The molecule has 0 saturated heterocycles. The number of alkyl halides is 3. The number of halogens is 3. The van der Waals surface area contributed by atoms with Crippen molar-refractivity contribution in [2.75, 3.05) is 5.32 Å². The lowest BCUT2D eigenvalue weighted by molar-refractivity contribution is -0.137. The summed E-state index contributed by atoms with van der Waals surface area (Å²) < 4.78 is 62.8. The lowest BCUT2D eigenvalue weighted by Crippen LogP contribution is -2.17. The summed E-state index contributed by atoms with van der Waals surface area (Å²) in [5, 5.41) is 7.72. The number of nitrogens with two attached hydrogens (primary N) is 1. The van der Waals surface area contributed by atoms with Crippen LogP contribution in [0, 0.1) is 0 Å². The molecule has 0 spiro atoms. The van der Waals surface area contributed by atoms with Crippen LogP contribution in [0.3, 0.4) is 0 Å². The van der Waals surface area contributed by atoms with Gasteiger partial charge in [0.15, 0.2) is 0 Å². The number of sulfonamides is 1. The first-order valence-electron chi connectivity index (χ1n) is 6.03. The van der Waals surface area contributed by atoms with E-state index in [-0.39, 0.29) is 12.2 Å². The van der Waals surface area contributed by atoms with Crippen molar-refractivity contribution in [3.05, 3.63) is 42.0 Å². The Hall–Kier alpha value is -2.07. The second-order valence-corrected chi connectivity index (χ2v) is 6.09. The molecule has 6 nitrogen and oxygen atoms in total. The van der Waals surface area contributed by atoms with Crippen LogP contribution in [-0.4, -0.2) is 18.0 Å². The minimum atomic E-state index is -4.66. The lowest BCUT2D eigenvalue weighted by Gasteiger charge is -2.14. The van der Waals surface area contributed by atoms with E-state index in [4.69, 9.17) is 5.14 Å². The Kier molecular flexibility index (Phi) is 4.16. The summed E-state index contributed by atoms with van der Waals surface area (Å²) in [6.07, 6.45) is -1.42. The molecule has 2 aromatic rings. The van der Waals surface area contributed by atoms with Crippen LogP contribution in [0.5, 0.6) is 0 Å². The smallest absolute Gasteiger partial charge is 0.377 e. The number of primary sulfonamides is 1. The lowest BCUT2D eigenvalue weighted by atomic mass is 10.2. The number of benzene rings is 1. The molecule has 0 aliphatic rings. The van der Waals surface area contributed by atoms with Gasteiger partial charge in [-0.15, -0.1) is 0 Å². The molecular weight excluding hydrogens is 321 g/mol. The maximum Gasteiger partial charge on any atom is 0.416 e. The van der Waals surface area contributed by atoms with Gasteiger partial charge in [0.1, 0.15) is 10.7 Å². The van der Waals surface area contributed by atoms with Crippen LogP contribution in [0.2, 0.25) is 0 Å². The molecule has 2 rings (SSSR count). The van der Waals surface area contributed by atoms with Crippen LogP contribution in [0.15, 0.2) is 35.5 Å².